The Hall–Kier alpha value is -1.71. The van der Waals surface area contributed by atoms with E-state index >= 15 is 0 Å². The van der Waals surface area contributed by atoms with Crippen molar-refractivity contribution in [3.8, 4) is 5.75 Å². The average molecular weight is 324 g/mol. The van der Waals surface area contributed by atoms with Crippen LogP contribution in [0.2, 0.25) is 10.0 Å². The van der Waals surface area contributed by atoms with Crippen molar-refractivity contribution in [2.75, 3.05) is 7.11 Å². The van der Waals surface area contributed by atoms with Gasteiger partial charge in [-0.3, -0.25) is 4.79 Å². The number of carbonyl (C=O) groups is 1. The number of nitrogens with one attached hydrogen (secondary N) is 1. The van der Waals surface area contributed by atoms with Gasteiger partial charge in [-0.25, -0.2) is 0 Å². The van der Waals surface area contributed by atoms with Gasteiger partial charge in [0.1, 0.15) is 5.75 Å². The number of methoxy groups -OCH3 is 1. The van der Waals surface area contributed by atoms with E-state index in [0.29, 0.717) is 15.6 Å². The molecule has 110 valence electrons. The van der Waals surface area contributed by atoms with Gasteiger partial charge in [-0.2, -0.15) is 0 Å². The molecule has 1 atom stereocenters. The number of para-hydroxylation sites is 1. The molecule has 0 aliphatic carbocycles. The van der Waals surface area contributed by atoms with E-state index in [9.17, 15) is 4.79 Å². The first-order chi connectivity index (χ1) is 10.0. The third kappa shape index (κ3) is 3.69. The molecule has 5 heteroatoms. The Morgan fingerprint density at radius 3 is 2.57 bits per heavy atom. The molecular formula is C16H15Cl2NO2. The Morgan fingerprint density at radius 1 is 1.19 bits per heavy atom. The summed E-state index contributed by atoms with van der Waals surface area (Å²) in [7, 11) is 1.60. The number of rotatable bonds is 4. The second kappa shape index (κ2) is 6.83. The highest BCUT2D eigenvalue weighted by molar-refractivity contribution is 6.36. The zero-order valence-electron chi connectivity index (χ0n) is 11.7. The predicted octanol–water partition coefficient (Wildman–Crippen LogP) is 4.49. The summed E-state index contributed by atoms with van der Waals surface area (Å²) in [6.45, 7) is 1.89. The lowest BCUT2D eigenvalue weighted by Gasteiger charge is -2.17. The minimum Gasteiger partial charge on any atom is -0.496 e. The van der Waals surface area contributed by atoms with Crippen LogP contribution in [-0.4, -0.2) is 13.0 Å². The molecule has 3 nitrogen and oxygen atoms in total. The van der Waals surface area contributed by atoms with E-state index in [1.54, 1.807) is 25.3 Å². The molecule has 0 saturated carbocycles. The van der Waals surface area contributed by atoms with Gasteiger partial charge in [-0.1, -0.05) is 41.4 Å². The fourth-order valence-electron chi connectivity index (χ4n) is 2.05. The number of amides is 1. The number of ether oxygens (including phenoxy) is 1. The molecule has 2 aromatic rings. The van der Waals surface area contributed by atoms with Crippen molar-refractivity contribution in [2.45, 2.75) is 13.0 Å². The highest BCUT2D eigenvalue weighted by atomic mass is 35.5. The second-order valence-electron chi connectivity index (χ2n) is 4.56. The van der Waals surface area contributed by atoms with Crippen LogP contribution in [-0.2, 0) is 0 Å². The van der Waals surface area contributed by atoms with Crippen LogP contribution < -0.4 is 10.1 Å². The predicted molar refractivity (Wildman–Crippen MR) is 85.3 cm³/mol. The molecule has 0 radical (unpaired) electrons. The van der Waals surface area contributed by atoms with Gasteiger partial charge < -0.3 is 10.1 Å². The minimum absolute atomic E-state index is 0.208. The SMILES string of the molecule is COc1ccccc1[C@H](C)NC(=O)c1ccc(Cl)cc1Cl. The largest absolute Gasteiger partial charge is 0.496 e. The third-order valence-corrected chi connectivity index (χ3v) is 3.68. The molecule has 2 rings (SSSR count). The van der Waals surface area contributed by atoms with Crippen molar-refractivity contribution in [1.82, 2.24) is 5.32 Å². The van der Waals surface area contributed by atoms with Crippen LogP contribution in [0.3, 0.4) is 0 Å². The minimum atomic E-state index is -0.255. The van der Waals surface area contributed by atoms with E-state index < -0.39 is 0 Å². The van der Waals surface area contributed by atoms with E-state index in [-0.39, 0.29) is 11.9 Å². The van der Waals surface area contributed by atoms with E-state index in [0.717, 1.165) is 11.3 Å². The molecule has 0 unspecified atom stereocenters. The maximum atomic E-state index is 12.3. The lowest BCUT2D eigenvalue weighted by atomic mass is 10.1. The van der Waals surface area contributed by atoms with E-state index in [1.165, 1.54) is 0 Å². The summed E-state index contributed by atoms with van der Waals surface area (Å²) in [5, 5.41) is 3.72. The Bertz CT molecular complexity index is 658. The molecule has 1 N–H and O–H groups in total. The first kappa shape index (κ1) is 15.7. The van der Waals surface area contributed by atoms with Gasteiger partial charge in [0.15, 0.2) is 0 Å². The maximum Gasteiger partial charge on any atom is 0.253 e. The Morgan fingerprint density at radius 2 is 1.90 bits per heavy atom. The Labute approximate surface area is 133 Å². The average Bonchev–Trinajstić information content (AvgIpc) is 2.46. The van der Waals surface area contributed by atoms with Crippen LogP contribution in [0.1, 0.15) is 28.9 Å². The molecule has 21 heavy (non-hydrogen) atoms. The topological polar surface area (TPSA) is 38.3 Å². The molecule has 1 amide bonds. The summed E-state index contributed by atoms with van der Waals surface area (Å²) in [6.07, 6.45) is 0. The number of hydrogen-bond donors (Lipinski definition) is 1. The van der Waals surface area contributed by atoms with Crippen LogP contribution in [0.4, 0.5) is 0 Å². The summed E-state index contributed by atoms with van der Waals surface area (Å²) in [5.41, 5.74) is 1.29. The molecule has 0 fully saturated rings. The zero-order chi connectivity index (χ0) is 15.4. The zero-order valence-corrected chi connectivity index (χ0v) is 13.2. The number of halogens is 2. The van der Waals surface area contributed by atoms with Crippen LogP contribution in [0, 0.1) is 0 Å². The molecule has 0 aliphatic rings. The van der Waals surface area contributed by atoms with Crippen LogP contribution in [0.15, 0.2) is 42.5 Å². The van der Waals surface area contributed by atoms with E-state index in [1.807, 2.05) is 31.2 Å². The van der Waals surface area contributed by atoms with Crippen molar-refractivity contribution in [3.05, 3.63) is 63.6 Å². The Balaban J connectivity index is 2.19. The number of hydrogen-bond acceptors (Lipinski definition) is 2. The van der Waals surface area contributed by atoms with Crippen molar-refractivity contribution >= 4 is 29.1 Å². The summed E-state index contributed by atoms with van der Waals surface area (Å²) in [5.74, 6) is 0.475. The van der Waals surface area contributed by atoms with Crippen molar-refractivity contribution in [2.24, 2.45) is 0 Å². The molecule has 0 spiro atoms. The quantitative estimate of drug-likeness (QED) is 0.900. The summed E-state index contributed by atoms with van der Waals surface area (Å²) >= 11 is 11.9. The number of carbonyl (C=O) groups excluding carboxylic acids is 1. The number of benzene rings is 2. The lowest BCUT2D eigenvalue weighted by molar-refractivity contribution is 0.0939. The Kier molecular flexibility index (Phi) is 5.10. The first-order valence-corrected chi connectivity index (χ1v) is 7.17. The monoisotopic (exact) mass is 323 g/mol. The smallest absolute Gasteiger partial charge is 0.253 e. The highest BCUT2D eigenvalue weighted by Crippen LogP contribution is 2.26. The van der Waals surface area contributed by atoms with Crippen LogP contribution in [0.5, 0.6) is 5.75 Å². The van der Waals surface area contributed by atoms with E-state index in [2.05, 4.69) is 5.32 Å². The van der Waals surface area contributed by atoms with Gasteiger partial charge in [0.05, 0.1) is 23.7 Å². The van der Waals surface area contributed by atoms with E-state index in [4.69, 9.17) is 27.9 Å². The molecule has 2 aromatic carbocycles. The molecule has 0 bridgehead atoms. The maximum absolute atomic E-state index is 12.3. The molecule has 0 saturated heterocycles. The highest BCUT2D eigenvalue weighted by Gasteiger charge is 2.16. The van der Waals surface area contributed by atoms with Gasteiger partial charge in [-0.05, 0) is 31.2 Å². The molecular weight excluding hydrogens is 309 g/mol. The standard InChI is InChI=1S/C16H15Cl2NO2/c1-10(12-5-3-4-6-15(12)21-2)19-16(20)13-8-7-11(17)9-14(13)18/h3-10H,1-2H3,(H,19,20)/t10-/m0/s1. The second-order valence-corrected chi connectivity index (χ2v) is 5.40. The van der Waals surface area contributed by atoms with Gasteiger partial charge in [0.2, 0.25) is 0 Å². The van der Waals surface area contributed by atoms with Gasteiger partial charge in [0, 0.05) is 10.6 Å². The lowest BCUT2D eigenvalue weighted by Crippen LogP contribution is -2.27. The van der Waals surface area contributed by atoms with Crippen LogP contribution >= 0.6 is 23.2 Å². The fourth-order valence-corrected chi connectivity index (χ4v) is 2.54. The first-order valence-electron chi connectivity index (χ1n) is 6.41. The summed E-state index contributed by atoms with van der Waals surface area (Å²) in [6, 6.07) is 12.1. The van der Waals surface area contributed by atoms with Crippen molar-refractivity contribution in [3.63, 3.8) is 0 Å². The summed E-state index contributed by atoms with van der Waals surface area (Å²) < 4.78 is 5.30. The molecule has 0 aromatic heterocycles. The summed E-state index contributed by atoms with van der Waals surface area (Å²) in [4.78, 5) is 12.3. The normalized spacial score (nSPS) is 11.8. The van der Waals surface area contributed by atoms with Gasteiger partial charge in [-0.15, -0.1) is 0 Å². The van der Waals surface area contributed by atoms with Crippen molar-refractivity contribution in [1.29, 1.82) is 0 Å². The van der Waals surface area contributed by atoms with Gasteiger partial charge in [0.25, 0.3) is 5.91 Å². The van der Waals surface area contributed by atoms with Crippen molar-refractivity contribution < 1.29 is 9.53 Å². The fraction of sp³-hybridized carbons (Fsp3) is 0.188. The molecule has 0 heterocycles. The molecule has 0 aliphatic heterocycles. The van der Waals surface area contributed by atoms with Crippen LogP contribution in [0.25, 0.3) is 0 Å². The third-order valence-electron chi connectivity index (χ3n) is 3.13. The van der Waals surface area contributed by atoms with Gasteiger partial charge >= 0.3 is 0 Å².